The van der Waals surface area contributed by atoms with Gasteiger partial charge < -0.3 is 15.1 Å². The van der Waals surface area contributed by atoms with Crippen LogP contribution >= 0.6 is 0 Å². The van der Waals surface area contributed by atoms with Crippen LogP contribution in [0.3, 0.4) is 0 Å². The zero-order chi connectivity index (χ0) is 13.0. The molecule has 18 heavy (non-hydrogen) atoms. The second-order valence-corrected chi connectivity index (χ2v) is 6.73. The second kappa shape index (κ2) is 6.36. The number of hydrogen-bond donors (Lipinski definition) is 1. The quantitative estimate of drug-likeness (QED) is 0.806. The molecule has 1 saturated heterocycles. The summed E-state index contributed by atoms with van der Waals surface area (Å²) in [6.45, 7) is 4.96. The van der Waals surface area contributed by atoms with Gasteiger partial charge in [0.25, 0.3) is 0 Å². The van der Waals surface area contributed by atoms with E-state index in [2.05, 4.69) is 36.3 Å². The fourth-order valence-corrected chi connectivity index (χ4v) is 3.76. The van der Waals surface area contributed by atoms with Crippen LogP contribution in [-0.2, 0) is 0 Å². The van der Waals surface area contributed by atoms with Gasteiger partial charge in [-0.1, -0.05) is 12.8 Å². The number of nitrogens with one attached hydrogen (secondary N) is 1. The van der Waals surface area contributed by atoms with E-state index in [-0.39, 0.29) is 0 Å². The molecule has 0 aromatic rings. The SMILES string of the molecule is CN1CCCC(CNCC2(N(C)C)CCCC2)C1. The largest absolute Gasteiger partial charge is 0.315 e. The van der Waals surface area contributed by atoms with Crippen molar-refractivity contribution in [2.24, 2.45) is 5.92 Å². The molecular weight excluding hydrogens is 222 g/mol. The molecule has 1 aliphatic carbocycles. The van der Waals surface area contributed by atoms with Crippen LogP contribution < -0.4 is 5.32 Å². The van der Waals surface area contributed by atoms with Crippen LogP contribution in [0.15, 0.2) is 0 Å². The lowest BCUT2D eigenvalue weighted by Crippen LogP contribution is -2.51. The molecule has 2 fully saturated rings. The first-order chi connectivity index (χ1) is 8.62. The van der Waals surface area contributed by atoms with Crippen molar-refractivity contribution in [2.45, 2.75) is 44.1 Å². The Morgan fingerprint density at radius 3 is 2.56 bits per heavy atom. The van der Waals surface area contributed by atoms with E-state index in [1.54, 1.807) is 0 Å². The number of nitrogens with zero attached hydrogens (tertiary/aromatic N) is 2. The summed E-state index contributed by atoms with van der Waals surface area (Å²) >= 11 is 0. The van der Waals surface area contributed by atoms with E-state index in [1.807, 2.05) is 0 Å². The van der Waals surface area contributed by atoms with Crippen LogP contribution in [0.1, 0.15) is 38.5 Å². The van der Waals surface area contributed by atoms with Gasteiger partial charge in [-0.15, -0.1) is 0 Å². The van der Waals surface area contributed by atoms with E-state index in [0.29, 0.717) is 5.54 Å². The maximum atomic E-state index is 3.77. The lowest BCUT2D eigenvalue weighted by Gasteiger charge is -2.37. The van der Waals surface area contributed by atoms with Crippen molar-refractivity contribution in [2.75, 3.05) is 47.3 Å². The Balaban J connectivity index is 1.73. The highest BCUT2D eigenvalue weighted by molar-refractivity contribution is 4.94. The molecule has 0 bridgehead atoms. The Bertz CT molecular complexity index is 246. The highest BCUT2D eigenvalue weighted by Crippen LogP contribution is 2.33. The molecule has 0 aromatic heterocycles. The van der Waals surface area contributed by atoms with Gasteiger partial charge in [0.1, 0.15) is 0 Å². The minimum atomic E-state index is 0.445. The van der Waals surface area contributed by atoms with Crippen molar-refractivity contribution >= 4 is 0 Å². The number of likely N-dealkylation sites (tertiary alicyclic amines) is 1. The average Bonchev–Trinajstić information content (AvgIpc) is 2.79. The summed E-state index contributed by atoms with van der Waals surface area (Å²) in [5.74, 6) is 0.865. The first-order valence-electron chi connectivity index (χ1n) is 7.69. The lowest BCUT2D eigenvalue weighted by atomic mass is 9.94. The van der Waals surface area contributed by atoms with Crippen molar-refractivity contribution in [1.29, 1.82) is 0 Å². The minimum Gasteiger partial charge on any atom is -0.315 e. The number of hydrogen-bond acceptors (Lipinski definition) is 3. The molecule has 1 saturated carbocycles. The van der Waals surface area contributed by atoms with Crippen LogP contribution in [0.4, 0.5) is 0 Å². The molecule has 1 aliphatic heterocycles. The smallest absolute Gasteiger partial charge is 0.0327 e. The molecule has 1 atom stereocenters. The zero-order valence-electron chi connectivity index (χ0n) is 12.5. The summed E-state index contributed by atoms with van der Waals surface area (Å²) in [5, 5.41) is 3.77. The van der Waals surface area contributed by atoms with Crippen molar-refractivity contribution in [3.63, 3.8) is 0 Å². The fourth-order valence-electron chi connectivity index (χ4n) is 3.76. The Morgan fingerprint density at radius 2 is 1.94 bits per heavy atom. The van der Waals surface area contributed by atoms with Gasteiger partial charge in [-0.3, -0.25) is 0 Å². The van der Waals surface area contributed by atoms with Gasteiger partial charge in [-0.2, -0.15) is 0 Å². The molecule has 0 spiro atoms. The normalized spacial score (nSPS) is 29.0. The molecule has 1 unspecified atom stereocenters. The van der Waals surface area contributed by atoms with Crippen molar-refractivity contribution < 1.29 is 0 Å². The monoisotopic (exact) mass is 253 g/mol. The Hall–Kier alpha value is -0.120. The predicted molar refractivity (Wildman–Crippen MR) is 78.0 cm³/mol. The van der Waals surface area contributed by atoms with Crippen molar-refractivity contribution in [3.05, 3.63) is 0 Å². The van der Waals surface area contributed by atoms with Crippen LogP contribution in [0.2, 0.25) is 0 Å². The van der Waals surface area contributed by atoms with E-state index >= 15 is 0 Å². The third-order valence-electron chi connectivity index (χ3n) is 5.09. The van der Waals surface area contributed by atoms with Gasteiger partial charge in [0.15, 0.2) is 0 Å². The summed E-state index contributed by atoms with van der Waals surface area (Å²) in [4.78, 5) is 4.94. The molecule has 1 N–H and O–H groups in total. The van der Waals surface area contributed by atoms with Crippen molar-refractivity contribution in [1.82, 2.24) is 15.1 Å². The predicted octanol–water partition coefficient (Wildman–Crippen LogP) is 1.79. The summed E-state index contributed by atoms with van der Waals surface area (Å²) in [7, 11) is 6.76. The van der Waals surface area contributed by atoms with Crippen LogP contribution in [0, 0.1) is 5.92 Å². The first kappa shape index (κ1) is 14.3. The third-order valence-corrected chi connectivity index (χ3v) is 5.09. The highest BCUT2D eigenvalue weighted by Gasteiger charge is 2.35. The van der Waals surface area contributed by atoms with Crippen LogP contribution in [0.25, 0.3) is 0 Å². The fraction of sp³-hybridized carbons (Fsp3) is 1.00. The van der Waals surface area contributed by atoms with Gasteiger partial charge in [0, 0.05) is 18.6 Å². The molecule has 3 nitrogen and oxygen atoms in total. The standard InChI is InChI=1S/C15H31N3/c1-17(2)15(8-4-5-9-15)13-16-11-14-7-6-10-18(3)12-14/h14,16H,4-13H2,1-3H3. The molecule has 3 heteroatoms. The molecule has 2 rings (SSSR count). The lowest BCUT2D eigenvalue weighted by molar-refractivity contribution is 0.145. The minimum absolute atomic E-state index is 0.445. The van der Waals surface area contributed by atoms with Gasteiger partial charge in [0.05, 0.1) is 0 Å². The summed E-state index contributed by atoms with van der Waals surface area (Å²) in [6.07, 6.45) is 8.35. The van der Waals surface area contributed by atoms with Crippen LogP contribution in [0.5, 0.6) is 0 Å². The number of rotatable bonds is 5. The molecule has 106 valence electrons. The summed E-state index contributed by atoms with van der Waals surface area (Å²) < 4.78 is 0. The van der Waals surface area contributed by atoms with Gasteiger partial charge >= 0.3 is 0 Å². The Kier molecular flexibility index (Phi) is 5.05. The zero-order valence-corrected chi connectivity index (χ0v) is 12.5. The first-order valence-corrected chi connectivity index (χ1v) is 7.69. The maximum absolute atomic E-state index is 3.77. The van der Waals surface area contributed by atoms with E-state index in [0.717, 1.165) is 5.92 Å². The molecule has 0 radical (unpaired) electrons. The maximum Gasteiger partial charge on any atom is 0.0327 e. The molecule has 0 amide bonds. The van der Waals surface area contributed by atoms with Gasteiger partial charge in [-0.05, 0) is 65.8 Å². The second-order valence-electron chi connectivity index (χ2n) is 6.73. The summed E-state index contributed by atoms with van der Waals surface area (Å²) in [6, 6.07) is 0. The molecule has 0 aromatic carbocycles. The van der Waals surface area contributed by atoms with E-state index in [9.17, 15) is 0 Å². The number of likely N-dealkylation sites (N-methyl/N-ethyl adjacent to an activating group) is 1. The number of piperidine rings is 1. The van der Waals surface area contributed by atoms with Crippen LogP contribution in [-0.4, -0.2) is 62.7 Å². The molecular formula is C15H31N3. The van der Waals surface area contributed by atoms with Crippen molar-refractivity contribution in [3.8, 4) is 0 Å². The third kappa shape index (κ3) is 3.46. The highest BCUT2D eigenvalue weighted by atomic mass is 15.2. The van der Waals surface area contributed by atoms with E-state index < -0.39 is 0 Å². The van der Waals surface area contributed by atoms with Gasteiger partial charge in [0.2, 0.25) is 0 Å². The van der Waals surface area contributed by atoms with E-state index in [1.165, 1.54) is 64.7 Å². The molecule has 1 heterocycles. The van der Waals surface area contributed by atoms with Gasteiger partial charge in [-0.25, -0.2) is 0 Å². The summed E-state index contributed by atoms with van der Waals surface area (Å²) in [5.41, 5.74) is 0.445. The topological polar surface area (TPSA) is 18.5 Å². The van der Waals surface area contributed by atoms with E-state index in [4.69, 9.17) is 0 Å². The molecule has 2 aliphatic rings. The average molecular weight is 253 g/mol. The Morgan fingerprint density at radius 1 is 1.22 bits per heavy atom. The Labute approximate surface area is 113 Å².